The third-order valence-electron chi connectivity index (χ3n) is 16.8. The molecule has 10 heterocycles. The SMILES string of the molecule is Cc1ccnc(-c2[c-]cc3sc4ccccc4c3c2)c1.Cc1ccnc(-c2[c-]ccc3c2sc2ccccc23)c1.[Ir].[Ir].[Ir].[Ir].[Ir].[c-]1cc2sc3ccccc3c2cc1-c1ccccn1.[c-]1ccc2c(oc3ccccc32)c1-c1ccccn1.[c-]1ccc2c(sc3ccccc32)c1-c1ccccn1. The first-order valence-corrected chi connectivity index (χ1v) is 34.9. The number of hydrogen-bond acceptors (Lipinski definition) is 10. The summed E-state index contributed by atoms with van der Waals surface area (Å²) in [5, 5.41) is 12.7. The van der Waals surface area contributed by atoms with Gasteiger partial charge < -0.3 is 29.3 Å². The summed E-state index contributed by atoms with van der Waals surface area (Å²) in [7, 11) is 0. The molecule has 0 aliphatic rings. The van der Waals surface area contributed by atoms with Crippen LogP contribution in [-0.2, 0) is 101 Å². The van der Waals surface area contributed by atoms with E-state index < -0.39 is 0 Å². The quantitative estimate of drug-likeness (QED) is 0.160. The van der Waals surface area contributed by atoms with Crippen LogP contribution in [0.15, 0.2) is 296 Å². The van der Waals surface area contributed by atoms with Crippen LogP contribution in [0.1, 0.15) is 11.1 Å². The molecule has 15 heteroatoms. The zero-order valence-electron chi connectivity index (χ0n) is 54.2. The Bertz CT molecular complexity index is 6040. The van der Waals surface area contributed by atoms with Gasteiger partial charge in [-0.25, -0.2) is 0 Å². The normalized spacial score (nSPS) is 10.6. The van der Waals surface area contributed by atoms with Crippen LogP contribution in [0.25, 0.3) is 159 Å². The number of benzene rings is 10. The van der Waals surface area contributed by atoms with Crippen molar-refractivity contribution >= 4 is 148 Å². The predicted molar refractivity (Wildman–Crippen MR) is 411 cm³/mol. The van der Waals surface area contributed by atoms with Crippen molar-refractivity contribution in [2.75, 3.05) is 0 Å². The van der Waals surface area contributed by atoms with Crippen LogP contribution in [0.5, 0.6) is 0 Å². The Balaban J connectivity index is 0.000000127. The Morgan fingerprint density at radius 3 is 1.14 bits per heavy atom. The van der Waals surface area contributed by atoms with E-state index in [9.17, 15) is 0 Å². The van der Waals surface area contributed by atoms with Gasteiger partial charge in [-0.05, 0) is 143 Å². The Kier molecular flexibility index (Phi) is 25.3. The number of fused-ring (bicyclic) bond motifs is 15. The zero-order valence-corrected chi connectivity index (χ0v) is 69.4. The fourth-order valence-corrected chi connectivity index (χ4v) is 16.7. The van der Waals surface area contributed by atoms with Gasteiger partial charge in [0.15, 0.2) is 0 Å². The van der Waals surface area contributed by atoms with Gasteiger partial charge in [-0.2, -0.15) is 45.3 Å². The summed E-state index contributed by atoms with van der Waals surface area (Å²) in [5.74, 6) is 0. The molecule has 0 spiro atoms. The van der Waals surface area contributed by atoms with Gasteiger partial charge in [0.25, 0.3) is 0 Å². The molecule has 507 valence electrons. The number of nitrogens with zero attached hydrogens (tertiary/aromatic N) is 5. The Morgan fingerprint density at radius 1 is 0.275 bits per heavy atom. The van der Waals surface area contributed by atoms with E-state index >= 15 is 0 Å². The molecule has 6 nitrogen and oxygen atoms in total. The number of thiophene rings is 4. The summed E-state index contributed by atoms with van der Waals surface area (Å²) in [6.07, 6.45) is 9.15. The summed E-state index contributed by atoms with van der Waals surface area (Å²) in [4.78, 5) is 22.2. The molecule has 0 amide bonds. The molecule has 0 unspecified atom stereocenters. The van der Waals surface area contributed by atoms with Crippen molar-refractivity contribution in [2.24, 2.45) is 0 Å². The van der Waals surface area contributed by atoms with E-state index in [4.69, 9.17) is 4.42 Å². The van der Waals surface area contributed by atoms with Crippen LogP contribution >= 0.6 is 45.3 Å². The summed E-state index contributed by atoms with van der Waals surface area (Å²) in [5.41, 5.74) is 14.2. The van der Waals surface area contributed by atoms with Gasteiger partial charge in [0.1, 0.15) is 5.58 Å². The van der Waals surface area contributed by atoms with Crippen molar-refractivity contribution in [1.29, 1.82) is 0 Å². The molecule has 0 saturated carbocycles. The minimum absolute atomic E-state index is 0. The van der Waals surface area contributed by atoms with Gasteiger partial charge in [-0.3, -0.25) is 0 Å². The zero-order chi connectivity index (χ0) is 65.0. The molecule has 5 radical (unpaired) electrons. The maximum absolute atomic E-state index is 5.97. The second-order valence-corrected chi connectivity index (χ2v) is 27.4. The van der Waals surface area contributed by atoms with Gasteiger partial charge in [-0.1, -0.05) is 183 Å². The van der Waals surface area contributed by atoms with Gasteiger partial charge in [0.05, 0.1) is 5.58 Å². The van der Waals surface area contributed by atoms with E-state index in [1.807, 2.05) is 179 Å². The third kappa shape index (κ3) is 15.8. The monoisotopic (exact) mass is 2280 g/mol. The Morgan fingerprint density at radius 2 is 0.647 bits per heavy atom. The van der Waals surface area contributed by atoms with E-state index in [1.165, 1.54) is 91.8 Å². The first-order valence-electron chi connectivity index (χ1n) is 31.6. The summed E-state index contributed by atoms with van der Waals surface area (Å²) >= 11 is 7.26. The number of furan rings is 1. The van der Waals surface area contributed by atoms with Crippen LogP contribution < -0.4 is 0 Å². The second kappa shape index (κ2) is 34.4. The molecule has 0 aliphatic carbocycles. The van der Waals surface area contributed by atoms with E-state index in [1.54, 1.807) is 6.20 Å². The minimum atomic E-state index is 0. The van der Waals surface area contributed by atoms with Crippen molar-refractivity contribution in [3.05, 3.63) is 333 Å². The van der Waals surface area contributed by atoms with Gasteiger partial charge >= 0.3 is 0 Å². The Labute approximate surface area is 673 Å². The molecule has 0 aliphatic heterocycles. The molecule has 0 fully saturated rings. The van der Waals surface area contributed by atoms with Crippen LogP contribution in [-0.4, -0.2) is 24.9 Å². The molecule has 10 aromatic carbocycles. The van der Waals surface area contributed by atoms with Crippen molar-refractivity contribution in [3.8, 4) is 56.3 Å². The summed E-state index contributed by atoms with van der Waals surface area (Å²) in [6, 6.07) is 106. The molecule has 0 saturated heterocycles. The topological polar surface area (TPSA) is 77.6 Å². The Hall–Kier alpha value is -8.12. The first-order chi connectivity index (χ1) is 47.9. The van der Waals surface area contributed by atoms with E-state index in [2.05, 4.69) is 221 Å². The number of aryl methyl sites for hydroxylation is 2. The largest absolute Gasteiger partial charge is 0.501 e. The average molecular weight is 2270 g/mol. The maximum atomic E-state index is 5.97. The molecule has 0 bridgehead atoms. The summed E-state index contributed by atoms with van der Waals surface area (Å²) in [6.45, 7) is 4.18. The van der Waals surface area contributed by atoms with Crippen molar-refractivity contribution < 1.29 is 105 Å². The smallest absolute Gasteiger partial charge is 0.120 e. The fraction of sp³-hybridized carbons (Fsp3) is 0.0230. The van der Waals surface area contributed by atoms with E-state index in [0.717, 1.165) is 78.2 Å². The van der Waals surface area contributed by atoms with Gasteiger partial charge in [0, 0.05) is 156 Å². The van der Waals surface area contributed by atoms with Crippen LogP contribution in [0, 0.1) is 44.2 Å². The fourth-order valence-electron chi connectivity index (χ4n) is 12.2. The van der Waals surface area contributed by atoms with Crippen LogP contribution in [0.4, 0.5) is 0 Å². The van der Waals surface area contributed by atoms with E-state index in [0.29, 0.717) is 0 Å². The molecule has 20 aromatic rings. The standard InChI is InChI=1S/2C18H12NS.C17H10NO.2C17H10NS.5Ir/c1-12-9-10-19-16(11-12)15-7-4-6-14-13-5-2-3-8-17(13)20-18(14)15;1-12-8-9-19-16(10-12)13-6-7-18-15(11-13)14-4-2-3-5-17(14)20-18;2*1-2-10-16-12(6-1)13-7-5-8-14(17(13)19-16)15-9-3-4-11-18-15;1-2-7-16-13(5-1)14-11-12(8-9-17(14)19-16)15-6-3-4-10-18-15;;;;;/h2-6,8-11H,1H3;2-5,7-11H,1H3;3*1-7,9-11H;;;;;/q5*-1;;;;;. The summed E-state index contributed by atoms with van der Waals surface area (Å²) < 4.78 is 16.3. The number of rotatable bonds is 5. The average Bonchev–Trinajstić information content (AvgIpc) is 1.64. The van der Waals surface area contributed by atoms with Crippen molar-refractivity contribution in [3.63, 3.8) is 0 Å². The minimum Gasteiger partial charge on any atom is -0.501 e. The molecule has 10 aromatic heterocycles. The molecular weight excluding hydrogens is 2220 g/mol. The molecule has 0 N–H and O–H groups in total. The second-order valence-electron chi connectivity index (χ2n) is 23.1. The third-order valence-corrected chi connectivity index (χ3v) is 21.5. The van der Waals surface area contributed by atoms with Gasteiger partial charge in [-0.15, -0.1) is 113 Å². The number of para-hydroxylation sites is 1. The molecular formula is C87H54Ir5N5OS4-5. The molecule has 20 rings (SSSR count). The number of hydrogen-bond donors (Lipinski definition) is 0. The van der Waals surface area contributed by atoms with Crippen molar-refractivity contribution in [2.45, 2.75) is 13.8 Å². The van der Waals surface area contributed by atoms with Crippen LogP contribution in [0.2, 0.25) is 0 Å². The van der Waals surface area contributed by atoms with Gasteiger partial charge in [0.2, 0.25) is 0 Å². The molecule has 102 heavy (non-hydrogen) atoms. The first kappa shape index (κ1) is 75.0. The number of pyridine rings is 5. The van der Waals surface area contributed by atoms with E-state index in [-0.39, 0.29) is 101 Å². The molecule has 0 atom stereocenters. The number of aromatic nitrogens is 5. The maximum Gasteiger partial charge on any atom is 0.120 e. The predicted octanol–water partition coefficient (Wildman–Crippen LogP) is 24.7. The van der Waals surface area contributed by atoms with Crippen LogP contribution in [0.3, 0.4) is 0 Å². The van der Waals surface area contributed by atoms with Crippen molar-refractivity contribution in [1.82, 2.24) is 24.9 Å².